The van der Waals surface area contributed by atoms with Crippen LogP contribution in [0.4, 0.5) is 0 Å². The fourth-order valence-corrected chi connectivity index (χ4v) is 4.41. The summed E-state index contributed by atoms with van der Waals surface area (Å²) in [7, 11) is 0. The lowest BCUT2D eigenvalue weighted by Gasteiger charge is -2.31. The predicted octanol–water partition coefficient (Wildman–Crippen LogP) is 6.90. The second kappa shape index (κ2) is 8.49. The molecule has 28 heavy (non-hydrogen) atoms. The number of phenols is 1. The second-order valence-corrected chi connectivity index (χ2v) is 9.41. The number of nitrogens with zero attached hydrogens (tertiary/aromatic N) is 1. The van der Waals surface area contributed by atoms with Gasteiger partial charge in [-0.2, -0.15) is 0 Å². The molecule has 0 saturated heterocycles. The van der Waals surface area contributed by atoms with Gasteiger partial charge in [-0.1, -0.05) is 72.1 Å². The second-order valence-electron chi connectivity index (χ2n) is 6.67. The summed E-state index contributed by atoms with van der Waals surface area (Å²) in [5.41, 5.74) is 4.03. The minimum absolute atomic E-state index is 0.0578. The average molecular weight is 565 g/mol. The third-order valence-corrected chi connectivity index (χ3v) is 6.27. The van der Waals surface area contributed by atoms with Gasteiger partial charge in [-0.15, -0.1) is 0 Å². The topological polar surface area (TPSA) is 44.6 Å². The van der Waals surface area contributed by atoms with E-state index in [1.54, 1.807) is 6.07 Å². The van der Waals surface area contributed by atoms with Crippen LogP contribution in [0.3, 0.4) is 0 Å². The molecule has 0 spiro atoms. The maximum atomic E-state index is 10.5. The normalized spacial score (nSPS) is 19.3. The lowest BCUT2D eigenvalue weighted by Crippen LogP contribution is -2.33. The van der Waals surface area contributed by atoms with E-state index in [9.17, 15) is 5.11 Å². The van der Waals surface area contributed by atoms with E-state index in [1.165, 1.54) is 0 Å². The van der Waals surface area contributed by atoms with Crippen LogP contribution in [0.5, 0.6) is 5.75 Å². The van der Waals surface area contributed by atoms with Gasteiger partial charge in [0.15, 0.2) is 0 Å². The van der Waals surface area contributed by atoms with Crippen LogP contribution < -0.4 is 5.32 Å². The van der Waals surface area contributed by atoms with Crippen LogP contribution in [-0.4, -0.2) is 10.8 Å². The van der Waals surface area contributed by atoms with Crippen molar-refractivity contribution in [2.75, 3.05) is 0 Å². The first kappa shape index (κ1) is 19.8. The van der Waals surface area contributed by atoms with Gasteiger partial charge in [-0.3, -0.25) is 10.3 Å². The molecule has 1 aliphatic rings. The highest BCUT2D eigenvalue weighted by Crippen LogP contribution is 2.36. The standard InChI is InChI=1S/C22H17Br3N2O/c23-15-6-4-13(5-7-15)22-26-19(14-2-1-3-16(24)10-14)12-20(27-22)18-11-17(25)8-9-21(18)28/h1-11,20,22,27-28H,12H2/t20-,22+/m0/s1. The summed E-state index contributed by atoms with van der Waals surface area (Å²) in [5.74, 6) is 0.283. The van der Waals surface area contributed by atoms with Crippen LogP contribution in [0.15, 0.2) is 85.1 Å². The molecule has 0 aromatic heterocycles. The molecule has 2 N–H and O–H groups in total. The van der Waals surface area contributed by atoms with Crippen molar-refractivity contribution in [2.45, 2.75) is 18.6 Å². The number of aromatic hydroxyl groups is 1. The summed E-state index contributed by atoms with van der Waals surface area (Å²) in [6.07, 6.45) is 0.493. The Bertz CT molecular complexity index is 1030. The molecular weight excluding hydrogens is 548 g/mol. The lowest BCUT2D eigenvalue weighted by molar-refractivity contribution is 0.412. The molecule has 0 radical (unpaired) electrons. The maximum Gasteiger partial charge on any atom is 0.126 e. The Hall–Kier alpha value is -1.47. The van der Waals surface area contributed by atoms with Crippen molar-refractivity contribution in [3.05, 3.63) is 96.8 Å². The Morgan fingerprint density at radius 2 is 1.57 bits per heavy atom. The first-order valence-corrected chi connectivity index (χ1v) is 11.2. The molecule has 3 aromatic rings. The highest BCUT2D eigenvalue weighted by atomic mass is 79.9. The SMILES string of the molecule is Oc1ccc(Br)cc1[C@@H]1CC(c2cccc(Br)c2)=N[C@@H](c2ccc(Br)cc2)N1. The molecule has 0 fully saturated rings. The lowest BCUT2D eigenvalue weighted by atomic mass is 9.93. The zero-order chi connectivity index (χ0) is 19.7. The molecule has 0 bridgehead atoms. The maximum absolute atomic E-state index is 10.5. The number of nitrogens with one attached hydrogen (secondary N) is 1. The van der Waals surface area contributed by atoms with Gasteiger partial charge in [0, 0.05) is 37.2 Å². The number of benzene rings is 3. The van der Waals surface area contributed by atoms with Crippen molar-refractivity contribution in [1.29, 1.82) is 0 Å². The molecule has 1 aliphatic heterocycles. The summed E-state index contributed by atoms with van der Waals surface area (Å²) >= 11 is 10.6. The van der Waals surface area contributed by atoms with E-state index in [2.05, 4.69) is 77.4 Å². The van der Waals surface area contributed by atoms with Crippen LogP contribution in [-0.2, 0) is 0 Å². The van der Waals surface area contributed by atoms with Gasteiger partial charge in [0.25, 0.3) is 0 Å². The number of hydrogen-bond donors (Lipinski definition) is 2. The Labute approximate surface area is 189 Å². The smallest absolute Gasteiger partial charge is 0.126 e. The highest BCUT2D eigenvalue weighted by molar-refractivity contribution is 9.11. The summed E-state index contributed by atoms with van der Waals surface area (Å²) in [4.78, 5) is 5.00. The van der Waals surface area contributed by atoms with Gasteiger partial charge in [0.2, 0.25) is 0 Å². The van der Waals surface area contributed by atoms with Crippen molar-refractivity contribution >= 4 is 53.5 Å². The predicted molar refractivity (Wildman–Crippen MR) is 124 cm³/mol. The van der Waals surface area contributed by atoms with E-state index in [4.69, 9.17) is 4.99 Å². The quantitative estimate of drug-likeness (QED) is 0.363. The van der Waals surface area contributed by atoms with Crippen molar-refractivity contribution < 1.29 is 5.11 Å². The molecule has 0 aliphatic carbocycles. The number of halogens is 3. The molecule has 3 aromatic carbocycles. The van der Waals surface area contributed by atoms with Crippen molar-refractivity contribution in [1.82, 2.24) is 5.32 Å². The zero-order valence-electron chi connectivity index (χ0n) is 14.7. The minimum Gasteiger partial charge on any atom is -0.508 e. The summed E-state index contributed by atoms with van der Waals surface area (Å²) in [5, 5.41) is 14.1. The number of phenolic OH excluding ortho intramolecular Hbond substituents is 1. The Morgan fingerprint density at radius 3 is 2.32 bits per heavy atom. The zero-order valence-corrected chi connectivity index (χ0v) is 19.5. The average Bonchev–Trinajstić information content (AvgIpc) is 2.70. The Morgan fingerprint density at radius 1 is 0.857 bits per heavy atom. The molecular formula is C22H17Br3N2O. The van der Waals surface area contributed by atoms with Gasteiger partial charge >= 0.3 is 0 Å². The van der Waals surface area contributed by atoms with E-state index >= 15 is 0 Å². The monoisotopic (exact) mass is 562 g/mol. The first-order valence-electron chi connectivity index (χ1n) is 8.82. The van der Waals surface area contributed by atoms with Crippen LogP contribution >= 0.6 is 47.8 Å². The molecule has 1 heterocycles. The molecule has 3 nitrogen and oxygen atoms in total. The molecule has 142 valence electrons. The van der Waals surface area contributed by atoms with E-state index in [-0.39, 0.29) is 18.0 Å². The van der Waals surface area contributed by atoms with Gasteiger partial charge in [0.1, 0.15) is 11.9 Å². The third-order valence-electron chi connectivity index (χ3n) is 4.75. The largest absolute Gasteiger partial charge is 0.508 e. The van der Waals surface area contributed by atoms with E-state index in [1.807, 2.05) is 36.4 Å². The van der Waals surface area contributed by atoms with Gasteiger partial charge in [-0.25, -0.2) is 0 Å². The number of rotatable bonds is 3. The van der Waals surface area contributed by atoms with E-state index in [0.29, 0.717) is 6.42 Å². The minimum atomic E-state index is -0.195. The van der Waals surface area contributed by atoms with Crippen LogP contribution in [0.1, 0.15) is 35.3 Å². The number of hydrogen-bond acceptors (Lipinski definition) is 3. The van der Waals surface area contributed by atoms with Crippen LogP contribution in [0, 0.1) is 0 Å². The summed E-state index contributed by atoms with van der Waals surface area (Å²) in [6.45, 7) is 0. The van der Waals surface area contributed by atoms with Crippen molar-refractivity contribution in [2.24, 2.45) is 4.99 Å². The fraction of sp³-hybridized carbons (Fsp3) is 0.136. The first-order chi connectivity index (χ1) is 13.5. The van der Waals surface area contributed by atoms with Gasteiger partial charge in [-0.05, 0) is 53.6 Å². The molecule has 0 unspecified atom stereocenters. The van der Waals surface area contributed by atoms with Crippen LogP contribution in [0.25, 0.3) is 0 Å². The molecule has 4 rings (SSSR count). The molecule has 6 heteroatoms. The highest BCUT2D eigenvalue weighted by Gasteiger charge is 2.27. The van der Waals surface area contributed by atoms with E-state index in [0.717, 1.165) is 35.8 Å². The van der Waals surface area contributed by atoms with Gasteiger partial charge in [0.05, 0.1) is 0 Å². The van der Waals surface area contributed by atoms with Crippen molar-refractivity contribution in [3.63, 3.8) is 0 Å². The molecule has 2 atom stereocenters. The summed E-state index contributed by atoms with van der Waals surface area (Å²) in [6, 6.07) is 21.8. The van der Waals surface area contributed by atoms with E-state index < -0.39 is 0 Å². The third kappa shape index (κ3) is 4.40. The Balaban J connectivity index is 1.77. The van der Waals surface area contributed by atoms with Crippen molar-refractivity contribution in [3.8, 4) is 5.75 Å². The molecule has 0 saturated carbocycles. The summed E-state index contributed by atoms with van der Waals surface area (Å²) < 4.78 is 2.99. The number of aliphatic imine (C=N–C) groups is 1. The molecule has 0 amide bonds. The van der Waals surface area contributed by atoms with Crippen LogP contribution in [0.2, 0.25) is 0 Å². The fourth-order valence-electron chi connectivity index (χ4n) is 3.37. The Kier molecular flexibility index (Phi) is 6.01. The van der Waals surface area contributed by atoms with Gasteiger partial charge < -0.3 is 5.11 Å².